The molecule has 1 heterocycles. The zero-order chi connectivity index (χ0) is 11.6. The molecule has 0 N–H and O–H groups in total. The minimum atomic E-state index is -0.281. The summed E-state index contributed by atoms with van der Waals surface area (Å²) < 4.78 is 10.6. The van der Waals surface area contributed by atoms with E-state index in [-0.39, 0.29) is 17.6 Å². The summed E-state index contributed by atoms with van der Waals surface area (Å²) in [5, 5.41) is 0. The number of carbonyl (C=O) groups is 1. The Balaban J connectivity index is 2.54. The van der Waals surface area contributed by atoms with Crippen molar-refractivity contribution in [2.24, 2.45) is 17.8 Å². The number of ether oxygens (including phenoxy) is 2. The summed E-state index contributed by atoms with van der Waals surface area (Å²) in [4.78, 5) is 10.7. The normalized spacial score (nSPS) is 41.3. The number of alkyl halides is 1. The molecule has 0 bridgehead atoms. The highest BCUT2D eigenvalue weighted by Gasteiger charge is 2.38. The predicted molar refractivity (Wildman–Crippen MR) is 58.6 cm³/mol. The van der Waals surface area contributed by atoms with Gasteiger partial charge in [0.15, 0.2) is 0 Å². The van der Waals surface area contributed by atoms with Gasteiger partial charge in [-0.1, -0.05) is 32.4 Å². The van der Waals surface area contributed by atoms with Crippen molar-refractivity contribution in [2.45, 2.75) is 39.4 Å². The molecule has 0 aromatic carbocycles. The first-order chi connectivity index (χ1) is 6.93. The summed E-state index contributed by atoms with van der Waals surface area (Å²) in [6.45, 7) is 8.06. The van der Waals surface area contributed by atoms with Gasteiger partial charge >= 0.3 is 5.97 Å². The zero-order valence-corrected chi connectivity index (χ0v) is 10.5. The number of esters is 1. The Morgan fingerprint density at radius 2 is 1.87 bits per heavy atom. The molecule has 88 valence electrons. The number of hydrogen-bond donors (Lipinski definition) is 0. The summed E-state index contributed by atoms with van der Waals surface area (Å²) in [5.41, 5.74) is -0.281. The largest absolute Gasteiger partial charge is 0.463 e. The predicted octanol–water partition coefficient (Wildman–Crippen LogP) is 2.42. The van der Waals surface area contributed by atoms with Gasteiger partial charge in [0.1, 0.15) is 12.2 Å². The Morgan fingerprint density at radius 3 is 2.40 bits per heavy atom. The lowest BCUT2D eigenvalue weighted by Crippen LogP contribution is -2.44. The molecule has 1 fully saturated rings. The van der Waals surface area contributed by atoms with E-state index >= 15 is 0 Å². The highest BCUT2D eigenvalue weighted by Crippen LogP contribution is 2.36. The van der Waals surface area contributed by atoms with Gasteiger partial charge in [-0.3, -0.25) is 4.79 Å². The van der Waals surface area contributed by atoms with E-state index in [1.54, 1.807) is 0 Å². The van der Waals surface area contributed by atoms with E-state index in [1.807, 2.05) is 0 Å². The van der Waals surface area contributed by atoms with Crippen LogP contribution in [0.2, 0.25) is 0 Å². The molecule has 1 rings (SSSR count). The van der Waals surface area contributed by atoms with Crippen LogP contribution in [-0.2, 0) is 14.3 Å². The highest BCUT2D eigenvalue weighted by molar-refractivity contribution is 6.19. The van der Waals surface area contributed by atoms with E-state index in [0.29, 0.717) is 24.4 Å². The summed E-state index contributed by atoms with van der Waals surface area (Å²) in [6.07, 6.45) is -0.0809. The van der Waals surface area contributed by atoms with Crippen LogP contribution in [0.4, 0.5) is 0 Å². The molecular weight excluding hydrogens is 216 g/mol. The van der Waals surface area contributed by atoms with Crippen molar-refractivity contribution < 1.29 is 14.3 Å². The van der Waals surface area contributed by atoms with Gasteiger partial charge in [-0.15, -0.1) is 0 Å². The van der Waals surface area contributed by atoms with Gasteiger partial charge in [0.25, 0.3) is 0 Å². The van der Waals surface area contributed by atoms with Crippen LogP contribution in [-0.4, -0.2) is 24.2 Å². The number of halogens is 1. The third-order valence-corrected chi connectivity index (χ3v) is 3.91. The molecule has 4 heteroatoms. The fourth-order valence-electron chi connectivity index (χ4n) is 1.86. The van der Waals surface area contributed by atoms with Crippen LogP contribution in [0.5, 0.6) is 0 Å². The van der Waals surface area contributed by atoms with Crippen LogP contribution < -0.4 is 0 Å². The molecule has 3 nitrogen and oxygen atoms in total. The molecule has 1 aliphatic rings. The lowest BCUT2D eigenvalue weighted by atomic mass is 9.80. The summed E-state index contributed by atoms with van der Waals surface area (Å²) in [5.74, 6) is 0.884. The molecule has 0 aromatic rings. The lowest BCUT2D eigenvalue weighted by Gasteiger charge is -2.41. The standard InChI is InChI=1S/C11H19ClO3/c1-6-7(2)10(5-14-9(4)13)15-11(12)8(6)3/h6-8,10-11H,5H2,1-4H3/t6-,7+,8?,10?,11-/m0/s1. The first-order valence-electron chi connectivity index (χ1n) is 5.36. The van der Waals surface area contributed by atoms with E-state index in [9.17, 15) is 4.79 Å². The second kappa shape index (κ2) is 5.17. The second-order valence-corrected chi connectivity index (χ2v) is 4.84. The van der Waals surface area contributed by atoms with Gasteiger partial charge in [-0.2, -0.15) is 0 Å². The molecule has 0 saturated carbocycles. The number of rotatable bonds is 2. The van der Waals surface area contributed by atoms with Crippen molar-refractivity contribution in [3.05, 3.63) is 0 Å². The molecule has 0 radical (unpaired) electrons. The summed E-state index contributed by atoms with van der Waals surface area (Å²) >= 11 is 6.07. The first-order valence-corrected chi connectivity index (χ1v) is 5.80. The number of hydrogen-bond acceptors (Lipinski definition) is 3. The Morgan fingerprint density at radius 1 is 1.27 bits per heavy atom. The second-order valence-electron chi connectivity index (χ2n) is 4.41. The van der Waals surface area contributed by atoms with Crippen molar-refractivity contribution in [3.63, 3.8) is 0 Å². The van der Waals surface area contributed by atoms with E-state index in [1.165, 1.54) is 6.92 Å². The quantitative estimate of drug-likeness (QED) is 0.544. The maximum atomic E-state index is 10.7. The van der Waals surface area contributed by atoms with Gasteiger partial charge in [0.05, 0.1) is 6.10 Å². The molecule has 1 saturated heterocycles. The van der Waals surface area contributed by atoms with Crippen molar-refractivity contribution in [3.8, 4) is 0 Å². The molecule has 0 aromatic heterocycles. The van der Waals surface area contributed by atoms with Crippen LogP contribution in [0, 0.1) is 17.8 Å². The molecule has 2 unspecified atom stereocenters. The van der Waals surface area contributed by atoms with Gasteiger partial charge in [0.2, 0.25) is 0 Å². The average molecular weight is 235 g/mol. The molecule has 0 aliphatic carbocycles. The van der Waals surface area contributed by atoms with Gasteiger partial charge in [-0.05, 0) is 17.8 Å². The van der Waals surface area contributed by atoms with Crippen molar-refractivity contribution in [1.29, 1.82) is 0 Å². The third kappa shape index (κ3) is 3.08. The number of carbonyl (C=O) groups excluding carboxylic acids is 1. The van der Waals surface area contributed by atoms with Crippen molar-refractivity contribution in [1.82, 2.24) is 0 Å². The molecular formula is C11H19ClO3. The topological polar surface area (TPSA) is 35.5 Å². The molecule has 0 amide bonds. The first kappa shape index (κ1) is 12.8. The van der Waals surface area contributed by atoms with Gasteiger partial charge < -0.3 is 9.47 Å². The fourth-order valence-corrected chi connectivity index (χ4v) is 2.22. The smallest absolute Gasteiger partial charge is 0.302 e. The molecule has 15 heavy (non-hydrogen) atoms. The highest BCUT2D eigenvalue weighted by atomic mass is 35.5. The molecule has 1 aliphatic heterocycles. The monoisotopic (exact) mass is 234 g/mol. The van der Waals surface area contributed by atoms with Crippen molar-refractivity contribution >= 4 is 17.6 Å². The van der Waals surface area contributed by atoms with Crippen LogP contribution >= 0.6 is 11.6 Å². The fraction of sp³-hybridized carbons (Fsp3) is 0.909. The van der Waals surface area contributed by atoms with Crippen LogP contribution in [0.3, 0.4) is 0 Å². The third-order valence-electron chi connectivity index (χ3n) is 3.41. The Bertz CT molecular complexity index is 232. The minimum Gasteiger partial charge on any atom is -0.463 e. The van der Waals surface area contributed by atoms with Gasteiger partial charge in [0, 0.05) is 6.92 Å². The molecule has 0 spiro atoms. The Labute approximate surface area is 96.1 Å². The molecule has 5 atom stereocenters. The van der Waals surface area contributed by atoms with Crippen LogP contribution in [0.15, 0.2) is 0 Å². The van der Waals surface area contributed by atoms with E-state index in [4.69, 9.17) is 21.1 Å². The maximum Gasteiger partial charge on any atom is 0.302 e. The maximum absolute atomic E-state index is 10.7. The lowest BCUT2D eigenvalue weighted by molar-refractivity contribution is -0.157. The summed E-state index contributed by atoms with van der Waals surface area (Å²) in [7, 11) is 0. The van der Waals surface area contributed by atoms with E-state index in [2.05, 4.69) is 20.8 Å². The minimum absolute atomic E-state index is 0.0809. The Hall–Kier alpha value is -0.280. The zero-order valence-electron chi connectivity index (χ0n) is 9.70. The van der Waals surface area contributed by atoms with Crippen LogP contribution in [0.25, 0.3) is 0 Å². The van der Waals surface area contributed by atoms with E-state index in [0.717, 1.165) is 0 Å². The van der Waals surface area contributed by atoms with Gasteiger partial charge in [-0.25, -0.2) is 0 Å². The van der Waals surface area contributed by atoms with Crippen LogP contribution in [0.1, 0.15) is 27.7 Å². The Kier molecular flexibility index (Phi) is 4.41. The van der Waals surface area contributed by atoms with E-state index < -0.39 is 0 Å². The summed E-state index contributed by atoms with van der Waals surface area (Å²) in [6, 6.07) is 0. The van der Waals surface area contributed by atoms with Crippen molar-refractivity contribution in [2.75, 3.05) is 6.61 Å². The SMILES string of the molecule is CC(=O)OCC1O[C@H](Cl)C(C)[C@@H](C)[C@H]1C. The average Bonchev–Trinajstić information content (AvgIpc) is 2.18.